The van der Waals surface area contributed by atoms with Crippen LogP contribution in [0.3, 0.4) is 0 Å². The number of aliphatic hydroxyl groups excluding tert-OH is 1. The molecule has 1 aliphatic carbocycles. The molecule has 0 radical (unpaired) electrons. The number of amides is 1. The molecule has 2 aliphatic heterocycles. The van der Waals surface area contributed by atoms with Gasteiger partial charge in [0.25, 0.3) is 5.91 Å². The maximum Gasteiger partial charge on any atom is 0.257 e. The van der Waals surface area contributed by atoms with Gasteiger partial charge in [-0.15, -0.1) is 0 Å². The summed E-state index contributed by atoms with van der Waals surface area (Å²) in [5, 5.41) is 15.2. The maximum absolute atomic E-state index is 13.8. The molecule has 2 atom stereocenters. The number of carbonyl (C=O) groups is 1. The van der Waals surface area contributed by atoms with E-state index in [0.29, 0.717) is 25.9 Å². The van der Waals surface area contributed by atoms with Crippen LogP contribution < -0.4 is 0 Å². The van der Waals surface area contributed by atoms with E-state index in [4.69, 9.17) is 9.68 Å². The first-order chi connectivity index (χ1) is 14.4. The van der Waals surface area contributed by atoms with Gasteiger partial charge in [0.15, 0.2) is 0 Å². The second-order valence-corrected chi connectivity index (χ2v) is 9.45. The van der Waals surface area contributed by atoms with Crippen molar-refractivity contribution in [3.63, 3.8) is 0 Å². The molecule has 3 fully saturated rings. The van der Waals surface area contributed by atoms with Gasteiger partial charge < -0.3 is 9.94 Å². The molecule has 1 saturated carbocycles. The molecule has 0 bridgehead atoms. The summed E-state index contributed by atoms with van der Waals surface area (Å²) in [6, 6.07) is 4.21. The average molecular weight is 417 g/mol. The van der Waals surface area contributed by atoms with Gasteiger partial charge in [0, 0.05) is 13.1 Å². The topological polar surface area (TPSA) is 62.2 Å². The number of hydroxylamine groups is 4. The highest BCUT2D eigenvalue weighted by atomic mass is 16.7. The predicted octanol–water partition coefficient (Wildman–Crippen LogP) is 3.56. The van der Waals surface area contributed by atoms with E-state index in [-0.39, 0.29) is 12.0 Å². The quantitative estimate of drug-likeness (QED) is 0.813. The minimum absolute atomic E-state index is 0.0613. The van der Waals surface area contributed by atoms with Crippen molar-refractivity contribution in [1.29, 1.82) is 0 Å². The molecule has 0 aromatic heterocycles. The standard InChI is InChI=1S/C24H36N2O4/c1-16-14-17(2)20(18(3)15-16)21-22(27)24(10-12-25(29-4)13-11-24)26(23(21)28)30-19-8-6-5-7-9-19/h14-15,19,21-22,27H,5-13H2,1-4H3. The Balaban J connectivity index is 1.71. The number of piperidine rings is 1. The minimum Gasteiger partial charge on any atom is -0.389 e. The first kappa shape index (κ1) is 21.8. The molecule has 166 valence electrons. The van der Waals surface area contributed by atoms with E-state index in [1.165, 1.54) is 12.0 Å². The lowest BCUT2D eigenvalue weighted by atomic mass is 9.77. The Morgan fingerprint density at radius 1 is 1.03 bits per heavy atom. The molecule has 2 unspecified atom stereocenters. The van der Waals surface area contributed by atoms with Crippen LogP contribution >= 0.6 is 0 Å². The van der Waals surface area contributed by atoms with E-state index in [2.05, 4.69) is 19.1 Å². The summed E-state index contributed by atoms with van der Waals surface area (Å²) in [5.41, 5.74) is 3.56. The number of carbonyl (C=O) groups excluding carboxylic acids is 1. The van der Waals surface area contributed by atoms with Gasteiger partial charge in [-0.3, -0.25) is 9.63 Å². The van der Waals surface area contributed by atoms with Crippen molar-refractivity contribution in [3.05, 3.63) is 34.4 Å². The zero-order valence-electron chi connectivity index (χ0n) is 18.8. The summed E-state index contributed by atoms with van der Waals surface area (Å²) in [5.74, 6) is -0.669. The van der Waals surface area contributed by atoms with Crippen LogP contribution in [0.5, 0.6) is 0 Å². The van der Waals surface area contributed by atoms with E-state index < -0.39 is 17.6 Å². The first-order valence-electron chi connectivity index (χ1n) is 11.4. The Kier molecular flexibility index (Phi) is 6.22. The predicted molar refractivity (Wildman–Crippen MR) is 115 cm³/mol. The molecule has 4 rings (SSSR count). The fourth-order valence-electron chi connectivity index (χ4n) is 5.91. The Morgan fingerprint density at radius 3 is 2.20 bits per heavy atom. The van der Waals surface area contributed by atoms with Gasteiger partial charge in [-0.1, -0.05) is 37.0 Å². The highest BCUT2D eigenvalue weighted by molar-refractivity contribution is 5.88. The van der Waals surface area contributed by atoms with Crippen LogP contribution in [-0.2, 0) is 14.5 Å². The third kappa shape index (κ3) is 3.68. The van der Waals surface area contributed by atoms with Gasteiger partial charge in [-0.2, -0.15) is 5.06 Å². The van der Waals surface area contributed by atoms with Gasteiger partial charge in [0.2, 0.25) is 0 Å². The maximum atomic E-state index is 13.8. The summed E-state index contributed by atoms with van der Waals surface area (Å²) >= 11 is 0. The Hall–Kier alpha value is -1.47. The normalized spacial score (nSPS) is 27.9. The van der Waals surface area contributed by atoms with Crippen molar-refractivity contribution in [3.8, 4) is 0 Å². The lowest BCUT2D eigenvalue weighted by Crippen LogP contribution is -2.58. The second kappa shape index (κ2) is 8.58. The van der Waals surface area contributed by atoms with E-state index >= 15 is 0 Å². The number of benzene rings is 1. The third-order valence-electron chi connectivity index (χ3n) is 7.44. The summed E-state index contributed by atoms with van der Waals surface area (Å²) in [7, 11) is 1.67. The lowest BCUT2D eigenvalue weighted by molar-refractivity contribution is -0.264. The van der Waals surface area contributed by atoms with E-state index in [0.717, 1.165) is 42.4 Å². The van der Waals surface area contributed by atoms with Gasteiger partial charge in [0.1, 0.15) is 0 Å². The summed E-state index contributed by atoms with van der Waals surface area (Å²) in [6.07, 6.45) is 6.01. The van der Waals surface area contributed by atoms with Crippen molar-refractivity contribution in [2.45, 2.75) is 89.4 Å². The Bertz CT molecular complexity index is 758. The third-order valence-corrected chi connectivity index (χ3v) is 7.44. The molecule has 3 aliphatic rings. The van der Waals surface area contributed by atoms with Crippen molar-refractivity contribution in [1.82, 2.24) is 10.1 Å². The first-order valence-corrected chi connectivity index (χ1v) is 11.4. The molecule has 1 N–H and O–H groups in total. The lowest BCUT2D eigenvalue weighted by Gasteiger charge is -2.45. The number of hydrogen-bond acceptors (Lipinski definition) is 5. The second-order valence-electron chi connectivity index (χ2n) is 9.45. The molecule has 2 heterocycles. The number of aliphatic hydroxyl groups is 1. The fraction of sp³-hybridized carbons (Fsp3) is 0.708. The highest BCUT2D eigenvalue weighted by Crippen LogP contribution is 2.48. The van der Waals surface area contributed by atoms with Crippen molar-refractivity contribution >= 4 is 5.91 Å². The van der Waals surface area contributed by atoms with Gasteiger partial charge in [0.05, 0.1) is 30.8 Å². The van der Waals surface area contributed by atoms with Crippen LogP contribution in [0.4, 0.5) is 0 Å². The molecule has 6 heteroatoms. The Labute approximate surface area is 180 Å². The molecule has 2 saturated heterocycles. The molecule has 1 aromatic rings. The molecular formula is C24H36N2O4. The van der Waals surface area contributed by atoms with Crippen LogP contribution in [0.1, 0.15) is 73.1 Å². The Morgan fingerprint density at radius 2 is 1.63 bits per heavy atom. The number of aryl methyl sites for hydroxylation is 3. The van der Waals surface area contributed by atoms with E-state index in [9.17, 15) is 9.90 Å². The summed E-state index contributed by atoms with van der Waals surface area (Å²) < 4.78 is 0. The van der Waals surface area contributed by atoms with Gasteiger partial charge in [-0.25, -0.2) is 5.06 Å². The smallest absolute Gasteiger partial charge is 0.257 e. The fourth-order valence-corrected chi connectivity index (χ4v) is 5.91. The molecule has 1 aromatic carbocycles. The van der Waals surface area contributed by atoms with Crippen molar-refractivity contribution < 1.29 is 19.6 Å². The SMILES string of the molecule is CON1CCC2(CC1)C(O)C(c1c(C)cc(C)cc1C)C(=O)N2OC1CCCCC1. The van der Waals surface area contributed by atoms with Gasteiger partial charge in [-0.05, 0) is 63.1 Å². The monoisotopic (exact) mass is 416 g/mol. The van der Waals surface area contributed by atoms with Crippen LogP contribution in [-0.4, -0.2) is 59.1 Å². The van der Waals surface area contributed by atoms with Crippen molar-refractivity contribution in [2.24, 2.45) is 0 Å². The van der Waals surface area contributed by atoms with Gasteiger partial charge >= 0.3 is 0 Å². The molecule has 1 spiro atoms. The number of nitrogens with zero attached hydrogens (tertiary/aromatic N) is 2. The summed E-state index contributed by atoms with van der Waals surface area (Å²) in [6.45, 7) is 7.49. The van der Waals surface area contributed by atoms with E-state index in [1.807, 2.05) is 18.9 Å². The summed E-state index contributed by atoms with van der Waals surface area (Å²) in [4.78, 5) is 25.6. The van der Waals surface area contributed by atoms with Crippen LogP contribution in [0.2, 0.25) is 0 Å². The van der Waals surface area contributed by atoms with Crippen molar-refractivity contribution in [2.75, 3.05) is 20.2 Å². The molecule has 1 amide bonds. The molecular weight excluding hydrogens is 380 g/mol. The minimum atomic E-state index is -0.798. The molecule has 30 heavy (non-hydrogen) atoms. The molecule has 6 nitrogen and oxygen atoms in total. The average Bonchev–Trinajstić information content (AvgIpc) is 2.91. The van der Waals surface area contributed by atoms with Crippen LogP contribution in [0.25, 0.3) is 0 Å². The zero-order valence-corrected chi connectivity index (χ0v) is 18.8. The van der Waals surface area contributed by atoms with Crippen LogP contribution in [0.15, 0.2) is 12.1 Å². The van der Waals surface area contributed by atoms with Crippen LogP contribution in [0, 0.1) is 20.8 Å². The largest absolute Gasteiger partial charge is 0.389 e. The number of hydrogen-bond donors (Lipinski definition) is 1. The zero-order chi connectivity index (χ0) is 21.5. The highest BCUT2D eigenvalue weighted by Gasteiger charge is 2.61. The number of rotatable bonds is 4. The van der Waals surface area contributed by atoms with E-state index in [1.54, 1.807) is 12.2 Å².